The van der Waals surface area contributed by atoms with E-state index in [1.807, 2.05) is 7.05 Å². The first kappa shape index (κ1) is 11.6. The summed E-state index contributed by atoms with van der Waals surface area (Å²) in [4.78, 5) is 13.6. The normalized spacial score (nSPS) is 21.0. The zero-order valence-corrected chi connectivity index (χ0v) is 9.09. The van der Waals surface area contributed by atoms with Crippen LogP contribution < -0.4 is 5.14 Å². The minimum absolute atomic E-state index is 0.121. The Morgan fingerprint density at radius 2 is 1.93 bits per heavy atom. The van der Waals surface area contributed by atoms with Crippen LogP contribution in [-0.2, 0) is 14.8 Å². The van der Waals surface area contributed by atoms with E-state index in [9.17, 15) is 13.2 Å². The van der Waals surface area contributed by atoms with E-state index in [0.717, 1.165) is 25.9 Å². The van der Waals surface area contributed by atoms with E-state index in [1.54, 1.807) is 0 Å². The third-order valence-corrected chi connectivity index (χ3v) is 3.20. The first-order valence-corrected chi connectivity index (χ1v) is 6.32. The summed E-state index contributed by atoms with van der Waals surface area (Å²) in [7, 11) is -1.66. The number of ketones is 1. The monoisotopic (exact) mass is 220 g/mol. The van der Waals surface area contributed by atoms with Gasteiger partial charge in [0.2, 0.25) is 10.0 Å². The summed E-state index contributed by atoms with van der Waals surface area (Å²) in [5.74, 6) is -0.869. The van der Waals surface area contributed by atoms with Crippen LogP contribution in [0.3, 0.4) is 0 Å². The molecule has 1 fully saturated rings. The maximum atomic E-state index is 11.4. The summed E-state index contributed by atoms with van der Waals surface area (Å²) < 4.78 is 21.4. The number of nitrogens with zero attached hydrogens (tertiary/aromatic N) is 1. The summed E-state index contributed by atoms with van der Waals surface area (Å²) in [5, 5.41) is 4.81. The van der Waals surface area contributed by atoms with Crippen LogP contribution in [0.2, 0.25) is 0 Å². The topological polar surface area (TPSA) is 80.5 Å². The molecule has 0 saturated carbocycles. The van der Waals surface area contributed by atoms with Crippen LogP contribution in [0.1, 0.15) is 12.8 Å². The van der Waals surface area contributed by atoms with Gasteiger partial charge in [-0.25, -0.2) is 13.6 Å². The summed E-state index contributed by atoms with van der Waals surface area (Å²) in [6, 6.07) is 0. The number of primary sulfonamides is 1. The van der Waals surface area contributed by atoms with Crippen molar-refractivity contribution in [1.29, 1.82) is 0 Å². The van der Waals surface area contributed by atoms with Crippen LogP contribution in [0.5, 0.6) is 0 Å². The molecule has 0 bridgehead atoms. The van der Waals surface area contributed by atoms with Crippen LogP contribution >= 0.6 is 0 Å². The number of likely N-dealkylation sites (tertiary alicyclic amines) is 1. The highest BCUT2D eigenvalue weighted by molar-refractivity contribution is 7.89. The van der Waals surface area contributed by atoms with Gasteiger partial charge in [-0.2, -0.15) is 0 Å². The lowest BCUT2D eigenvalue weighted by molar-refractivity contribution is -0.121. The highest BCUT2D eigenvalue weighted by atomic mass is 32.2. The molecule has 0 aromatic carbocycles. The van der Waals surface area contributed by atoms with Gasteiger partial charge >= 0.3 is 0 Å². The number of Topliss-reactive ketones (excluding diaryl/α,β-unsaturated/α-hetero) is 1. The zero-order valence-electron chi connectivity index (χ0n) is 8.27. The second kappa shape index (κ2) is 4.37. The number of hydrogen-bond acceptors (Lipinski definition) is 4. The molecular weight excluding hydrogens is 204 g/mol. The number of piperidine rings is 1. The van der Waals surface area contributed by atoms with Crippen molar-refractivity contribution in [2.24, 2.45) is 11.1 Å². The first-order chi connectivity index (χ1) is 6.38. The van der Waals surface area contributed by atoms with Crippen molar-refractivity contribution in [3.8, 4) is 0 Å². The largest absolute Gasteiger partial charge is 0.306 e. The van der Waals surface area contributed by atoms with Crippen molar-refractivity contribution in [3.05, 3.63) is 0 Å². The molecule has 14 heavy (non-hydrogen) atoms. The SMILES string of the molecule is CN1CCC(C(=O)CS(N)(=O)=O)CC1. The molecule has 0 aromatic heterocycles. The lowest BCUT2D eigenvalue weighted by atomic mass is 9.94. The van der Waals surface area contributed by atoms with E-state index in [2.05, 4.69) is 4.90 Å². The van der Waals surface area contributed by atoms with Gasteiger partial charge in [-0.05, 0) is 33.0 Å². The second-order valence-electron chi connectivity index (χ2n) is 3.85. The third-order valence-electron chi connectivity index (χ3n) is 2.52. The zero-order chi connectivity index (χ0) is 10.8. The smallest absolute Gasteiger partial charge is 0.216 e. The van der Waals surface area contributed by atoms with Crippen molar-refractivity contribution in [1.82, 2.24) is 4.90 Å². The number of carbonyl (C=O) groups is 1. The summed E-state index contributed by atoms with van der Waals surface area (Å²) >= 11 is 0. The van der Waals surface area contributed by atoms with Gasteiger partial charge in [-0.3, -0.25) is 4.79 Å². The average Bonchev–Trinajstić information content (AvgIpc) is 2.02. The minimum Gasteiger partial charge on any atom is -0.306 e. The lowest BCUT2D eigenvalue weighted by Crippen LogP contribution is -2.36. The van der Waals surface area contributed by atoms with E-state index in [4.69, 9.17) is 5.14 Å². The molecule has 1 saturated heterocycles. The van der Waals surface area contributed by atoms with Gasteiger partial charge in [0, 0.05) is 5.92 Å². The Morgan fingerprint density at radius 1 is 1.43 bits per heavy atom. The van der Waals surface area contributed by atoms with Crippen LogP contribution in [0.25, 0.3) is 0 Å². The van der Waals surface area contributed by atoms with Crippen LogP contribution in [0.15, 0.2) is 0 Å². The van der Waals surface area contributed by atoms with E-state index in [0.29, 0.717) is 0 Å². The number of nitrogens with two attached hydrogens (primary N) is 1. The Hall–Kier alpha value is -0.460. The van der Waals surface area contributed by atoms with Gasteiger partial charge in [0.05, 0.1) is 0 Å². The fraction of sp³-hybridized carbons (Fsp3) is 0.875. The minimum atomic E-state index is -3.65. The molecule has 5 nitrogen and oxygen atoms in total. The molecule has 1 rings (SSSR count). The quantitative estimate of drug-likeness (QED) is 0.674. The van der Waals surface area contributed by atoms with Crippen molar-refractivity contribution >= 4 is 15.8 Å². The predicted molar refractivity (Wildman–Crippen MR) is 53.2 cm³/mol. The molecule has 2 N–H and O–H groups in total. The molecule has 0 amide bonds. The maximum absolute atomic E-state index is 11.4. The van der Waals surface area contributed by atoms with Gasteiger partial charge in [-0.15, -0.1) is 0 Å². The van der Waals surface area contributed by atoms with Gasteiger partial charge in [0.25, 0.3) is 0 Å². The molecule has 0 aliphatic carbocycles. The molecule has 1 aliphatic rings. The van der Waals surface area contributed by atoms with Crippen molar-refractivity contribution in [2.75, 3.05) is 25.9 Å². The molecule has 0 spiro atoms. The molecule has 82 valence electrons. The van der Waals surface area contributed by atoms with Gasteiger partial charge in [0.15, 0.2) is 5.78 Å². The van der Waals surface area contributed by atoms with Gasteiger partial charge in [0.1, 0.15) is 5.75 Å². The highest BCUT2D eigenvalue weighted by Gasteiger charge is 2.25. The first-order valence-electron chi connectivity index (χ1n) is 4.60. The van der Waals surface area contributed by atoms with Crippen molar-refractivity contribution < 1.29 is 13.2 Å². The molecule has 0 unspecified atom stereocenters. The number of carbonyl (C=O) groups excluding carboxylic acids is 1. The van der Waals surface area contributed by atoms with Crippen molar-refractivity contribution in [2.45, 2.75) is 12.8 Å². The Kier molecular flexibility index (Phi) is 3.63. The number of sulfonamides is 1. The Balaban J connectivity index is 2.46. The fourth-order valence-corrected chi connectivity index (χ4v) is 2.28. The summed E-state index contributed by atoms with van der Waals surface area (Å²) in [6.07, 6.45) is 1.48. The molecule has 0 radical (unpaired) electrons. The highest BCUT2D eigenvalue weighted by Crippen LogP contribution is 2.17. The average molecular weight is 220 g/mol. The van der Waals surface area contributed by atoms with Crippen LogP contribution in [0, 0.1) is 5.92 Å². The standard InChI is InChI=1S/C8H16N2O3S/c1-10-4-2-7(3-5-10)8(11)6-14(9,12)13/h7H,2-6H2,1H3,(H2,9,12,13). The fourth-order valence-electron chi connectivity index (χ4n) is 1.65. The van der Waals surface area contributed by atoms with Crippen LogP contribution in [-0.4, -0.2) is 45.0 Å². The molecule has 0 aromatic rings. The van der Waals surface area contributed by atoms with E-state index in [-0.39, 0.29) is 11.7 Å². The lowest BCUT2D eigenvalue weighted by Gasteiger charge is -2.27. The molecule has 1 aliphatic heterocycles. The number of rotatable bonds is 3. The third kappa shape index (κ3) is 3.73. The van der Waals surface area contributed by atoms with Crippen LogP contribution in [0.4, 0.5) is 0 Å². The predicted octanol–water partition coefficient (Wildman–Crippen LogP) is -0.814. The maximum Gasteiger partial charge on any atom is 0.216 e. The van der Waals surface area contributed by atoms with Gasteiger partial charge in [-0.1, -0.05) is 0 Å². The number of hydrogen-bond donors (Lipinski definition) is 1. The summed E-state index contributed by atoms with van der Waals surface area (Å²) in [6.45, 7) is 1.70. The second-order valence-corrected chi connectivity index (χ2v) is 5.47. The van der Waals surface area contributed by atoms with E-state index in [1.165, 1.54) is 0 Å². The molecular formula is C8H16N2O3S. The molecule has 6 heteroatoms. The molecule has 0 atom stereocenters. The van der Waals surface area contributed by atoms with Gasteiger partial charge < -0.3 is 4.90 Å². The Morgan fingerprint density at radius 3 is 2.36 bits per heavy atom. The Labute approximate surface area is 84.3 Å². The molecule has 1 heterocycles. The Bertz CT molecular complexity index is 305. The van der Waals surface area contributed by atoms with E-state index >= 15 is 0 Å². The summed E-state index contributed by atoms with van der Waals surface area (Å²) in [5.41, 5.74) is 0. The van der Waals surface area contributed by atoms with Crippen molar-refractivity contribution in [3.63, 3.8) is 0 Å². The van der Waals surface area contributed by atoms with E-state index < -0.39 is 15.8 Å².